The average Bonchev–Trinajstić information content (AvgIpc) is 2.62. The van der Waals surface area contributed by atoms with Gasteiger partial charge in [0.25, 0.3) is 5.91 Å². The minimum atomic E-state index is -0.266. The van der Waals surface area contributed by atoms with Crippen LogP contribution in [0.25, 0.3) is 0 Å². The first-order valence-corrected chi connectivity index (χ1v) is 8.27. The lowest BCUT2D eigenvalue weighted by atomic mass is 10.2. The number of methoxy groups -OCH3 is 2. The smallest absolute Gasteiger partial charge is 0.270 e. The number of benzene rings is 1. The number of nitrogens with zero attached hydrogens (tertiary/aromatic N) is 3. The Bertz CT molecular complexity index is 770. The molecule has 0 aliphatic rings. The highest BCUT2D eigenvalue weighted by Gasteiger charge is 2.13. The molecule has 8 nitrogen and oxygen atoms in total. The summed E-state index contributed by atoms with van der Waals surface area (Å²) < 4.78 is 10.5. The molecule has 1 amide bonds. The highest BCUT2D eigenvalue weighted by molar-refractivity contribution is 6.32. The largest absolute Gasteiger partial charge is 0.495 e. The molecule has 9 heteroatoms. The van der Waals surface area contributed by atoms with Crippen molar-refractivity contribution in [2.24, 2.45) is 0 Å². The monoisotopic (exact) mass is 379 g/mol. The number of hydrogen-bond acceptors (Lipinski definition) is 7. The fraction of sp³-hybridized carbons (Fsp3) is 0.353. The van der Waals surface area contributed by atoms with E-state index in [2.05, 4.69) is 20.6 Å². The molecule has 0 bridgehead atoms. The van der Waals surface area contributed by atoms with Crippen molar-refractivity contribution < 1.29 is 14.3 Å². The first kappa shape index (κ1) is 19.7. The zero-order valence-corrected chi connectivity index (χ0v) is 15.9. The Balaban J connectivity index is 2.17. The summed E-state index contributed by atoms with van der Waals surface area (Å²) >= 11 is 6.10. The molecule has 0 aliphatic heterocycles. The van der Waals surface area contributed by atoms with Crippen molar-refractivity contribution in [1.29, 1.82) is 0 Å². The van der Waals surface area contributed by atoms with Gasteiger partial charge in [0.1, 0.15) is 17.2 Å². The summed E-state index contributed by atoms with van der Waals surface area (Å²) in [6.45, 7) is 1.27. The molecule has 0 saturated heterocycles. The second kappa shape index (κ2) is 9.21. The Labute approximate surface area is 157 Å². The standard InChI is InChI=1S/C17H22ClN5O3/c1-23(2)8-7-19-16(24)12-5-6-20-17(21-12)22-13-10-14(25-3)11(18)9-15(13)26-4/h5-6,9-10H,7-8H2,1-4H3,(H,19,24)(H,20,21,22). The van der Waals surface area contributed by atoms with Crippen LogP contribution in [-0.4, -0.2) is 62.2 Å². The van der Waals surface area contributed by atoms with E-state index in [-0.39, 0.29) is 17.5 Å². The van der Waals surface area contributed by atoms with Gasteiger partial charge in [-0.1, -0.05) is 11.6 Å². The van der Waals surface area contributed by atoms with Crippen LogP contribution in [0.2, 0.25) is 5.02 Å². The highest BCUT2D eigenvalue weighted by atomic mass is 35.5. The van der Waals surface area contributed by atoms with Crippen LogP contribution >= 0.6 is 11.6 Å². The summed E-state index contributed by atoms with van der Waals surface area (Å²) in [5.74, 6) is 0.971. The fourth-order valence-corrected chi connectivity index (χ4v) is 2.34. The van der Waals surface area contributed by atoms with E-state index in [0.717, 1.165) is 6.54 Å². The fourth-order valence-electron chi connectivity index (χ4n) is 2.11. The molecule has 0 atom stereocenters. The summed E-state index contributed by atoms with van der Waals surface area (Å²) in [5.41, 5.74) is 0.833. The molecule has 1 aromatic heterocycles. The van der Waals surface area contributed by atoms with Gasteiger partial charge in [-0.05, 0) is 20.2 Å². The van der Waals surface area contributed by atoms with Gasteiger partial charge in [-0.2, -0.15) is 0 Å². The summed E-state index contributed by atoms with van der Waals surface area (Å²) in [7, 11) is 6.92. The van der Waals surface area contributed by atoms with E-state index in [4.69, 9.17) is 21.1 Å². The zero-order valence-electron chi connectivity index (χ0n) is 15.2. The van der Waals surface area contributed by atoms with Crippen LogP contribution in [0.1, 0.15) is 10.5 Å². The summed E-state index contributed by atoms with van der Waals surface area (Å²) in [6.07, 6.45) is 1.51. The van der Waals surface area contributed by atoms with Crippen LogP contribution in [0.15, 0.2) is 24.4 Å². The lowest BCUT2D eigenvalue weighted by molar-refractivity contribution is 0.0946. The van der Waals surface area contributed by atoms with E-state index in [9.17, 15) is 4.79 Å². The van der Waals surface area contributed by atoms with E-state index < -0.39 is 0 Å². The Morgan fingerprint density at radius 1 is 1.23 bits per heavy atom. The molecule has 0 spiro atoms. The zero-order chi connectivity index (χ0) is 19.1. The van der Waals surface area contributed by atoms with Crippen molar-refractivity contribution in [3.63, 3.8) is 0 Å². The summed E-state index contributed by atoms with van der Waals surface area (Å²) in [6, 6.07) is 4.85. The number of amides is 1. The first-order chi connectivity index (χ1) is 12.4. The maximum atomic E-state index is 12.2. The molecule has 140 valence electrons. The number of carbonyl (C=O) groups is 1. The van der Waals surface area contributed by atoms with E-state index in [1.807, 2.05) is 19.0 Å². The molecule has 0 fully saturated rings. The van der Waals surface area contributed by atoms with Crippen LogP contribution in [0.3, 0.4) is 0 Å². The lowest BCUT2D eigenvalue weighted by Gasteiger charge is -2.13. The Morgan fingerprint density at radius 2 is 1.96 bits per heavy atom. The van der Waals surface area contributed by atoms with Crippen molar-refractivity contribution in [3.8, 4) is 11.5 Å². The van der Waals surface area contributed by atoms with Crippen LogP contribution < -0.4 is 20.1 Å². The number of halogens is 1. The van der Waals surface area contributed by atoms with E-state index >= 15 is 0 Å². The van der Waals surface area contributed by atoms with Crippen molar-refractivity contribution in [2.45, 2.75) is 0 Å². The van der Waals surface area contributed by atoms with E-state index in [1.54, 1.807) is 18.2 Å². The number of ether oxygens (including phenoxy) is 2. The second-order valence-corrected chi connectivity index (χ2v) is 6.04. The maximum absolute atomic E-state index is 12.2. The van der Waals surface area contributed by atoms with Crippen molar-refractivity contribution >= 4 is 29.1 Å². The van der Waals surface area contributed by atoms with Gasteiger partial charge in [-0.3, -0.25) is 4.79 Å². The molecule has 0 saturated carbocycles. The van der Waals surface area contributed by atoms with Gasteiger partial charge in [-0.25, -0.2) is 9.97 Å². The van der Waals surface area contributed by atoms with E-state index in [0.29, 0.717) is 28.8 Å². The van der Waals surface area contributed by atoms with Gasteiger partial charge in [0.15, 0.2) is 0 Å². The Morgan fingerprint density at radius 3 is 2.62 bits per heavy atom. The number of nitrogens with one attached hydrogen (secondary N) is 2. The second-order valence-electron chi connectivity index (χ2n) is 5.64. The molecule has 0 aliphatic carbocycles. The molecular weight excluding hydrogens is 358 g/mol. The van der Waals surface area contributed by atoms with Gasteiger partial charge in [0, 0.05) is 31.4 Å². The molecule has 0 radical (unpaired) electrons. The Hall–Kier alpha value is -2.58. The molecule has 2 N–H and O–H groups in total. The van der Waals surface area contributed by atoms with Gasteiger partial charge in [0.2, 0.25) is 5.95 Å². The summed E-state index contributed by atoms with van der Waals surface area (Å²) in [4.78, 5) is 22.5. The van der Waals surface area contributed by atoms with Gasteiger partial charge >= 0.3 is 0 Å². The average molecular weight is 380 g/mol. The number of aromatic nitrogens is 2. The molecule has 1 heterocycles. The quantitative estimate of drug-likeness (QED) is 0.726. The molecule has 2 aromatic rings. The minimum Gasteiger partial charge on any atom is -0.495 e. The first-order valence-electron chi connectivity index (χ1n) is 7.89. The number of carbonyl (C=O) groups excluding carboxylic acids is 1. The third-order valence-electron chi connectivity index (χ3n) is 3.45. The normalized spacial score (nSPS) is 10.5. The van der Waals surface area contributed by atoms with Gasteiger partial charge in [-0.15, -0.1) is 0 Å². The maximum Gasteiger partial charge on any atom is 0.270 e. The SMILES string of the molecule is COc1cc(Nc2nccc(C(=O)NCCN(C)C)n2)c(OC)cc1Cl. The predicted molar refractivity (Wildman–Crippen MR) is 101 cm³/mol. The van der Waals surface area contributed by atoms with Gasteiger partial charge in [0.05, 0.1) is 24.9 Å². The topological polar surface area (TPSA) is 88.6 Å². The van der Waals surface area contributed by atoms with Crippen molar-refractivity contribution in [1.82, 2.24) is 20.2 Å². The molecule has 1 aromatic carbocycles. The number of rotatable bonds is 8. The third kappa shape index (κ3) is 5.21. The van der Waals surface area contributed by atoms with Gasteiger partial charge < -0.3 is 25.0 Å². The lowest BCUT2D eigenvalue weighted by Crippen LogP contribution is -2.31. The van der Waals surface area contributed by atoms with E-state index in [1.165, 1.54) is 20.4 Å². The Kier molecular flexibility index (Phi) is 6.99. The minimum absolute atomic E-state index is 0.257. The van der Waals surface area contributed by atoms with Crippen LogP contribution in [0.5, 0.6) is 11.5 Å². The third-order valence-corrected chi connectivity index (χ3v) is 3.75. The summed E-state index contributed by atoms with van der Waals surface area (Å²) in [5, 5.41) is 6.25. The van der Waals surface area contributed by atoms with Crippen molar-refractivity contribution in [3.05, 3.63) is 35.1 Å². The number of likely N-dealkylation sites (N-methyl/N-ethyl adjacent to an activating group) is 1. The van der Waals surface area contributed by atoms with Crippen LogP contribution in [-0.2, 0) is 0 Å². The van der Waals surface area contributed by atoms with Crippen LogP contribution in [0.4, 0.5) is 11.6 Å². The predicted octanol–water partition coefficient (Wildman–Crippen LogP) is 2.18. The molecular formula is C17H22ClN5O3. The molecule has 26 heavy (non-hydrogen) atoms. The van der Waals surface area contributed by atoms with Crippen LogP contribution in [0, 0.1) is 0 Å². The number of anilines is 2. The number of hydrogen-bond donors (Lipinski definition) is 2. The van der Waals surface area contributed by atoms with Crippen molar-refractivity contribution in [2.75, 3.05) is 46.7 Å². The molecule has 0 unspecified atom stereocenters. The molecule has 2 rings (SSSR count). The highest BCUT2D eigenvalue weighted by Crippen LogP contribution is 2.36.